The molecule has 7 nitrogen and oxygen atoms in total. The topological polar surface area (TPSA) is 120 Å². The number of carbonyl (C=O) groups is 2. The Kier molecular flexibility index (Phi) is 3.57. The molecule has 1 aromatic carbocycles. The molecule has 20 heavy (non-hydrogen) atoms. The Bertz CT molecular complexity index is 695. The fraction of sp³-hybridized carbons (Fsp3) is 0.0833. The Morgan fingerprint density at radius 3 is 2.55 bits per heavy atom. The molecule has 1 heterocycles. The Hall–Kier alpha value is -2.61. The zero-order valence-electron chi connectivity index (χ0n) is 10.2. The molecule has 1 aromatic heterocycles. The molecular formula is C12H10N2O5S. The van der Waals surface area contributed by atoms with Crippen LogP contribution in [0.25, 0.3) is 0 Å². The number of carboxylic acids is 1. The maximum absolute atomic E-state index is 11.9. The quantitative estimate of drug-likeness (QED) is 0.641. The predicted molar refractivity (Wildman–Crippen MR) is 71.5 cm³/mol. The van der Waals surface area contributed by atoms with E-state index in [4.69, 9.17) is 10.2 Å². The normalized spacial score (nSPS) is 10.2. The van der Waals surface area contributed by atoms with Gasteiger partial charge in [-0.05, 0) is 36.7 Å². The van der Waals surface area contributed by atoms with Crippen molar-refractivity contribution in [2.24, 2.45) is 0 Å². The molecule has 2 aromatic rings. The van der Waals surface area contributed by atoms with E-state index in [0.717, 1.165) is 17.6 Å². The smallest absolute Gasteiger partial charge is 0.340 e. The van der Waals surface area contributed by atoms with E-state index in [1.54, 1.807) is 0 Å². The molecule has 0 fully saturated rings. The lowest BCUT2D eigenvalue weighted by Gasteiger charge is -2.05. The minimum absolute atomic E-state index is 0.0636. The summed E-state index contributed by atoms with van der Waals surface area (Å²) in [6.45, 7) is 1.53. The van der Waals surface area contributed by atoms with E-state index < -0.39 is 17.6 Å². The summed E-state index contributed by atoms with van der Waals surface area (Å²) in [4.78, 5) is 23.0. The first-order valence-electron chi connectivity index (χ1n) is 5.43. The maximum atomic E-state index is 11.9. The van der Waals surface area contributed by atoms with Crippen molar-refractivity contribution in [2.45, 2.75) is 6.92 Å². The van der Waals surface area contributed by atoms with Gasteiger partial charge < -0.3 is 20.6 Å². The average Bonchev–Trinajstić information content (AvgIpc) is 2.73. The molecule has 104 valence electrons. The number of rotatable bonds is 3. The number of carbonyl (C=O) groups excluding carboxylic acids is 1. The zero-order valence-corrected chi connectivity index (χ0v) is 11.1. The fourth-order valence-electron chi connectivity index (χ4n) is 1.55. The second-order valence-electron chi connectivity index (χ2n) is 3.93. The number of aryl methyl sites for hydroxylation is 1. The van der Waals surface area contributed by atoms with Gasteiger partial charge >= 0.3 is 5.97 Å². The van der Waals surface area contributed by atoms with Gasteiger partial charge in [0, 0.05) is 5.56 Å². The van der Waals surface area contributed by atoms with Crippen LogP contribution in [0.3, 0.4) is 0 Å². The number of aromatic carboxylic acids is 1. The van der Waals surface area contributed by atoms with Crippen molar-refractivity contribution in [3.05, 3.63) is 35.0 Å². The van der Waals surface area contributed by atoms with Crippen LogP contribution >= 0.6 is 11.5 Å². The second kappa shape index (κ2) is 5.17. The zero-order chi connectivity index (χ0) is 14.9. The van der Waals surface area contributed by atoms with Gasteiger partial charge in [-0.2, -0.15) is 4.37 Å². The van der Waals surface area contributed by atoms with Crippen molar-refractivity contribution >= 4 is 28.4 Å². The number of carboxylic acid groups (broad SMARTS) is 1. The number of benzene rings is 1. The van der Waals surface area contributed by atoms with E-state index in [-0.39, 0.29) is 21.9 Å². The summed E-state index contributed by atoms with van der Waals surface area (Å²) in [5.74, 6) is -2.57. The molecule has 0 radical (unpaired) electrons. The predicted octanol–water partition coefficient (Wildman–Crippen LogP) is 1.81. The first kappa shape index (κ1) is 13.8. The molecule has 0 spiro atoms. The summed E-state index contributed by atoms with van der Waals surface area (Å²) >= 11 is 0.860. The van der Waals surface area contributed by atoms with Crippen LogP contribution in [0.1, 0.15) is 26.4 Å². The van der Waals surface area contributed by atoms with Crippen molar-refractivity contribution in [3.63, 3.8) is 0 Å². The van der Waals surface area contributed by atoms with Crippen molar-refractivity contribution in [3.8, 4) is 11.5 Å². The van der Waals surface area contributed by atoms with Gasteiger partial charge in [0.25, 0.3) is 5.91 Å². The first-order chi connectivity index (χ1) is 9.40. The largest absolute Gasteiger partial charge is 0.504 e. The molecule has 0 bridgehead atoms. The van der Waals surface area contributed by atoms with Crippen LogP contribution < -0.4 is 5.32 Å². The van der Waals surface area contributed by atoms with Gasteiger partial charge in [0.15, 0.2) is 11.5 Å². The number of phenols is 2. The van der Waals surface area contributed by atoms with Crippen LogP contribution in [-0.4, -0.2) is 31.6 Å². The lowest BCUT2D eigenvalue weighted by atomic mass is 10.2. The summed E-state index contributed by atoms with van der Waals surface area (Å²) in [5, 5.41) is 30.1. The number of anilines is 1. The molecule has 8 heteroatoms. The van der Waals surface area contributed by atoms with Gasteiger partial charge in [-0.1, -0.05) is 0 Å². The molecule has 0 aliphatic heterocycles. The Balaban J connectivity index is 2.28. The van der Waals surface area contributed by atoms with Gasteiger partial charge in [-0.25, -0.2) is 4.79 Å². The standard InChI is InChI=1S/C12H10N2O5S/c1-5-9(12(18)19)11(20-14-5)13-10(17)6-2-3-7(15)8(16)4-6/h2-4,15-16H,1H3,(H,13,17)(H,18,19). The van der Waals surface area contributed by atoms with Crippen molar-refractivity contribution in [1.82, 2.24) is 4.37 Å². The van der Waals surface area contributed by atoms with E-state index >= 15 is 0 Å². The van der Waals surface area contributed by atoms with E-state index in [0.29, 0.717) is 5.69 Å². The lowest BCUT2D eigenvalue weighted by molar-refractivity contribution is 0.0697. The minimum Gasteiger partial charge on any atom is -0.504 e. The van der Waals surface area contributed by atoms with Crippen LogP contribution in [0.4, 0.5) is 5.00 Å². The van der Waals surface area contributed by atoms with Crippen LogP contribution in [0, 0.1) is 6.92 Å². The highest BCUT2D eigenvalue weighted by molar-refractivity contribution is 7.11. The monoisotopic (exact) mass is 294 g/mol. The van der Waals surface area contributed by atoms with Crippen molar-refractivity contribution in [2.75, 3.05) is 5.32 Å². The highest BCUT2D eigenvalue weighted by atomic mass is 32.1. The second-order valence-corrected chi connectivity index (χ2v) is 4.71. The van der Waals surface area contributed by atoms with Crippen LogP contribution in [0.2, 0.25) is 0 Å². The highest BCUT2D eigenvalue weighted by Gasteiger charge is 2.20. The number of hydrogen-bond donors (Lipinski definition) is 4. The third-order valence-corrected chi connectivity index (χ3v) is 3.40. The maximum Gasteiger partial charge on any atom is 0.340 e. The molecule has 0 unspecified atom stereocenters. The van der Waals surface area contributed by atoms with Gasteiger partial charge in [0.2, 0.25) is 0 Å². The average molecular weight is 294 g/mol. The van der Waals surface area contributed by atoms with Gasteiger partial charge in [-0.3, -0.25) is 4.79 Å². The number of nitrogens with one attached hydrogen (secondary N) is 1. The van der Waals surface area contributed by atoms with Gasteiger partial charge in [0.05, 0.1) is 5.69 Å². The molecule has 0 aliphatic rings. The molecule has 0 aliphatic carbocycles. The fourth-order valence-corrected chi connectivity index (χ4v) is 2.33. The van der Waals surface area contributed by atoms with Crippen LogP contribution in [-0.2, 0) is 0 Å². The lowest BCUT2D eigenvalue weighted by Crippen LogP contribution is -2.13. The number of phenolic OH excluding ortho intramolecular Hbond substituents is 2. The first-order valence-corrected chi connectivity index (χ1v) is 6.20. The number of aromatic nitrogens is 1. The molecule has 4 N–H and O–H groups in total. The number of aromatic hydroxyl groups is 2. The Labute approximate surface area is 117 Å². The molecule has 0 saturated heterocycles. The third-order valence-electron chi connectivity index (χ3n) is 2.54. The SMILES string of the molecule is Cc1nsc(NC(=O)c2ccc(O)c(O)c2)c1C(=O)O. The Morgan fingerprint density at radius 1 is 1.25 bits per heavy atom. The summed E-state index contributed by atoms with van der Waals surface area (Å²) in [5.41, 5.74) is 0.334. The van der Waals surface area contributed by atoms with E-state index in [9.17, 15) is 14.7 Å². The summed E-state index contributed by atoms with van der Waals surface area (Å²) in [6, 6.07) is 3.55. The van der Waals surface area contributed by atoms with Crippen molar-refractivity contribution < 1.29 is 24.9 Å². The van der Waals surface area contributed by atoms with E-state index in [1.807, 2.05) is 0 Å². The van der Waals surface area contributed by atoms with Crippen LogP contribution in [0.5, 0.6) is 11.5 Å². The summed E-state index contributed by atoms with van der Waals surface area (Å²) in [7, 11) is 0. The van der Waals surface area contributed by atoms with Crippen LogP contribution in [0.15, 0.2) is 18.2 Å². The third kappa shape index (κ3) is 2.54. The Morgan fingerprint density at radius 2 is 1.95 bits per heavy atom. The summed E-state index contributed by atoms with van der Waals surface area (Å²) < 4.78 is 3.87. The molecule has 2 rings (SSSR count). The van der Waals surface area contributed by atoms with Crippen molar-refractivity contribution in [1.29, 1.82) is 0 Å². The molecule has 0 saturated carbocycles. The number of nitrogens with zero attached hydrogens (tertiary/aromatic N) is 1. The highest BCUT2D eigenvalue weighted by Crippen LogP contribution is 2.27. The summed E-state index contributed by atoms with van der Waals surface area (Å²) in [6.07, 6.45) is 0. The molecule has 1 amide bonds. The molecular weight excluding hydrogens is 284 g/mol. The number of amides is 1. The van der Waals surface area contributed by atoms with E-state index in [2.05, 4.69) is 9.69 Å². The number of hydrogen-bond acceptors (Lipinski definition) is 6. The van der Waals surface area contributed by atoms with E-state index in [1.165, 1.54) is 19.1 Å². The molecule has 0 atom stereocenters. The van der Waals surface area contributed by atoms with Gasteiger partial charge in [-0.15, -0.1) is 0 Å². The van der Waals surface area contributed by atoms with Gasteiger partial charge in [0.1, 0.15) is 10.6 Å². The minimum atomic E-state index is -1.18.